The van der Waals surface area contributed by atoms with Crippen LogP contribution in [0.1, 0.15) is 22.1 Å². The SMILES string of the molecule is [2H]COC[C@H]1OC(OC)[C@H](OC(=O)c2ccccc2)[C@@H]1OC(=O)c1ccccc1. The molecule has 7 nitrogen and oxygen atoms in total. The molecule has 1 fully saturated rings. The van der Waals surface area contributed by atoms with E-state index in [9.17, 15) is 9.59 Å². The van der Waals surface area contributed by atoms with Crippen LogP contribution in [0, 0.1) is 0 Å². The van der Waals surface area contributed by atoms with Gasteiger partial charge < -0.3 is 23.7 Å². The fourth-order valence-corrected chi connectivity index (χ4v) is 2.93. The largest absolute Gasteiger partial charge is 0.452 e. The van der Waals surface area contributed by atoms with E-state index in [0.29, 0.717) is 11.1 Å². The number of methoxy groups -OCH3 is 2. The lowest BCUT2D eigenvalue weighted by Crippen LogP contribution is -2.42. The van der Waals surface area contributed by atoms with Crippen molar-refractivity contribution in [1.82, 2.24) is 0 Å². The van der Waals surface area contributed by atoms with Gasteiger partial charge in [0, 0.05) is 14.2 Å². The first kappa shape index (κ1) is 18.6. The summed E-state index contributed by atoms with van der Waals surface area (Å²) in [6.45, 7) is -0.0184. The Labute approximate surface area is 164 Å². The molecule has 148 valence electrons. The number of hydrogen-bond donors (Lipinski definition) is 0. The number of rotatable bonds is 7. The van der Waals surface area contributed by atoms with Crippen LogP contribution >= 0.6 is 0 Å². The van der Waals surface area contributed by atoms with Crippen molar-refractivity contribution in [2.24, 2.45) is 0 Å². The monoisotopic (exact) mass is 387 g/mol. The van der Waals surface area contributed by atoms with Gasteiger partial charge in [0.1, 0.15) is 6.10 Å². The Hall–Kier alpha value is -2.74. The van der Waals surface area contributed by atoms with E-state index in [-0.39, 0.29) is 13.7 Å². The zero-order chi connectivity index (χ0) is 20.6. The average molecular weight is 387 g/mol. The normalized spacial score (nSPS) is 24.4. The van der Waals surface area contributed by atoms with Crippen molar-refractivity contribution in [3.05, 3.63) is 71.8 Å². The van der Waals surface area contributed by atoms with Crippen molar-refractivity contribution in [2.75, 3.05) is 20.8 Å². The van der Waals surface area contributed by atoms with Crippen molar-refractivity contribution in [3.8, 4) is 0 Å². The molecule has 1 saturated heterocycles. The summed E-state index contributed by atoms with van der Waals surface area (Å²) >= 11 is 0. The van der Waals surface area contributed by atoms with Gasteiger partial charge >= 0.3 is 11.9 Å². The highest BCUT2D eigenvalue weighted by molar-refractivity contribution is 5.90. The van der Waals surface area contributed by atoms with Crippen molar-refractivity contribution in [3.63, 3.8) is 0 Å². The molecule has 2 aromatic carbocycles. The minimum absolute atomic E-state index is 0.0184. The van der Waals surface area contributed by atoms with E-state index < -0.39 is 36.5 Å². The molecule has 2 aromatic rings. The number of ether oxygens (including phenoxy) is 5. The number of benzene rings is 2. The van der Waals surface area contributed by atoms with Gasteiger partial charge in [-0.1, -0.05) is 36.4 Å². The molecule has 0 bridgehead atoms. The minimum Gasteiger partial charge on any atom is -0.452 e. The molecule has 1 aliphatic heterocycles. The molecule has 28 heavy (non-hydrogen) atoms. The summed E-state index contributed by atoms with van der Waals surface area (Å²) in [6, 6.07) is 16.9. The molecule has 7 heteroatoms. The third kappa shape index (κ3) is 4.56. The van der Waals surface area contributed by atoms with Crippen LogP contribution in [-0.4, -0.2) is 57.3 Å². The van der Waals surface area contributed by atoms with Gasteiger partial charge in [-0.15, -0.1) is 0 Å². The van der Waals surface area contributed by atoms with Gasteiger partial charge in [0.15, 0.2) is 18.5 Å². The summed E-state index contributed by atoms with van der Waals surface area (Å²) in [6.07, 6.45) is -3.67. The topological polar surface area (TPSA) is 80.3 Å². The second-order valence-electron chi connectivity index (χ2n) is 6.12. The first-order chi connectivity index (χ1) is 14.1. The lowest BCUT2D eigenvalue weighted by molar-refractivity contribution is -0.156. The van der Waals surface area contributed by atoms with Crippen molar-refractivity contribution in [2.45, 2.75) is 24.6 Å². The summed E-state index contributed by atoms with van der Waals surface area (Å²) in [5.41, 5.74) is 0.697. The average Bonchev–Trinajstić information content (AvgIpc) is 3.09. The van der Waals surface area contributed by atoms with Gasteiger partial charge in [-0.2, -0.15) is 0 Å². The summed E-state index contributed by atoms with van der Waals surface area (Å²) in [5, 5.41) is 0. The molecule has 1 aliphatic rings. The summed E-state index contributed by atoms with van der Waals surface area (Å²) in [7, 11) is 1.11. The Morgan fingerprint density at radius 1 is 0.929 bits per heavy atom. The molecule has 0 aliphatic carbocycles. The molecule has 0 saturated carbocycles. The first-order valence-electron chi connectivity index (χ1n) is 9.42. The van der Waals surface area contributed by atoms with E-state index in [2.05, 4.69) is 0 Å². The summed E-state index contributed by atoms with van der Waals surface area (Å²) in [5.74, 6) is -1.18. The Morgan fingerprint density at radius 2 is 1.46 bits per heavy atom. The molecule has 0 amide bonds. The second kappa shape index (κ2) is 9.45. The standard InChI is InChI=1S/C21H22O7/c1-24-13-16-17(27-19(22)14-9-5-3-6-10-14)18(21(25-2)26-16)28-20(23)15-11-7-4-8-12-15/h3-12,16-18,21H,13H2,1-2H3/t16-,17-,18-,21?/m1/s1/i1D. The molecular weight excluding hydrogens is 364 g/mol. The molecule has 1 heterocycles. The van der Waals surface area contributed by atoms with Crippen LogP contribution in [0.3, 0.4) is 0 Å². The van der Waals surface area contributed by atoms with Crippen LogP contribution in [0.5, 0.6) is 0 Å². The van der Waals surface area contributed by atoms with Crippen LogP contribution < -0.4 is 0 Å². The van der Waals surface area contributed by atoms with E-state index in [1.165, 1.54) is 7.11 Å². The fraction of sp³-hybridized carbons (Fsp3) is 0.333. The molecule has 1 unspecified atom stereocenters. The van der Waals surface area contributed by atoms with Gasteiger partial charge in [0.2, 0.25) is 0 Å². The molecule has 0 radical (unpaired) electrons. The minimum atomic E-state index is -1.00. The third-order valence-corrected chi connectivity index (χ3v) is 4.29. The number of carbonyl (C=O) groups is 2. The maximum absolute atomic E-state index is 12.6. The highest BCUT2D eigenvalue weighted by Gasteiger charge is 2.50. The fourth-order valence-electron chi connectivity index (χ4n) is 2.93. The van der Waals surface area contributed by atoms with Gasteiger partial charge in [0.05, 0.1) is 19.1 Å². The summed E-state index contributed by atoms with van der Waals surface area (Å²) in [4.78, 5) is 25.1. The second-order valence-corrected chi connectivity index (χ2v) is 6.12. The van der Waals surface area contributed by atoms with Gasteiger partial charge in [0.25, 0.3) is 0 Å². The van der Waals surface area contributed by atoms with Gasteiger partial charge in [-0.25, -0.2) is 9.59 Å². The molecule has 4 atom stereocenters. The zero-order valence-electron chi connectivity index (χ0n) is 16.4. The lowest BCUT2D eigenvalue weighted by Gasteiger charge is -2.23. The molecule has 3 rings (SSSR count). The van der Waals surface area contributed by atoms with Crippen LogP contribution in [-0.2, 0) is 23.7 Å². The lowest BCUT2D eigenvalue weighted by atomic mass is 10.1. The van der Waals surface area contributed by atoms with Gasteiger partial charge in [-0.05, 0) is 24.3 Å². The van der Waals surface area contributed by atoms with Crippen LogP contribution in [0.4, 0.5) is 0 Å². The zero-order valence-corrected chi connectivity index (χ0v) is 15.4. The smallest absolute Gasteiger partial charge is 0.338 e. The predicted molar refractivity (Wildman–Crippen MR) is 98.8 cm³/mol. The maximum atomic E-state index is 12.6. The molecule has 0 aromatic heterocycles. The van der Waals surface area contributed by atoms with Crippen molar-refractivity contribution >= 4 is 11.9 Å². The number of esters is 2. The van der Waals surface area contributed by atoms with Crippen molar-refractivity contribution in [1.29, 1.82) is 0 Å². The van der Waals surface area contributed by atoms with Crippen molar-refractivity contribution < 1.29 is 34.6 Å². The molecular formula is C21H22O7. The highest BCUT2D eigenvalue weighted by atomic mass is 16.7. The number of hydrogen-bond acceptors (Lipinski definition) is 7. The predicted octanol–water partition coefficient (Wildman–Crippen LogP) is 2.46. The third-order valence-electron chi connectivity index (χ3n) is 4.29. The Morgan fingerprint density at radius 3 is 1.96 bits per heavy atom. The Balaban J connectivity index is 1.80. The Bertz CT molecular complexity index is 799. The van der Waals surface area contributed by atoms with E-state index in [1.54, 1.807) is 60.7 Å². The van der Waals surface area contributed by atoms with E-state index in [0.717, 1.165) is 0 Å². The molecule has 0 N–H and O–H groups in total. The van der Waals surface area contributed by atoms with E-state index >= 15 is 0 Å². The quantitative estimate of drug-likeness (QED) is 0.675. The van der Waals surface area contributed by atoms with E-state index in [1.807, 2.05) is 0 Å². The van der Waals surface area contributed by atoms with Crippen LogP contribution in [0.2, 0.25) is 0 Å². The van der Waals surface area contributed by atoms with Crippen LogP contribution in [0.25, 0.3) is 0 Å². The van der Waals surface area contributed by atoms with E-state index in [4.69, 9.17) is 25.1 Å². The maximum Gasteiger partial charge on any atom is 0.338 e. The Kier molecular flexibility index (Phi) is 6.29. The van der Waals surface area contributed by atoms with Crippen LogP contribution in [0.15, 0.2) is 60.7 Å². The number of carbonyl (C=O) groups excluding carboxylic acids is 2. The first-order valence-corrected chi connectivity index (χ1v) is 8.71. The summed E-state index contributed by atoms with van der Waals surface area (Å²) < 4.78 is 34.5. The highest BCUT2D eigenvalue weighted by Crippen LogP contribution is 2.29. The molecule has 0 spiro atoms. The van der Waals surface area contributed by atoms with Gasteiger partial charge in [-0.3, -0.25) is 0 Å².